The molecule has 156 valence electrons. The predicted octanol–water partition coefficient (Wildman–Crippen LogP) is 8.05. The topological polar surface area (TPSA) is 11.3 Å². The molecule has 0 amide bonds. The minimum absolute atomic E-state index is 0.0114. The Morgan fingerprint density at radius 3 is 1.29 bits per heavy atom. The predicted molar refractivity (Wildman–Crippen MR) is 110 cm³/mol. The summed E-state index contributed by atoms with van der Waals surface area (Å²) in [6, 6.07) is 8.97. The molecule has 0 aliphatic carbocycles. The number of benzene rings is 1. The van der Waals surface area contributed by atoms with Gasteiger partial charge in [-0.25, -0.2) is 4.42 Å². The van der Waals surface area contributed by atoms with Gasteiger partial charge in [0.05, 0.1) is 10.8 Å². The molecule has 2 aromatic rings. The zero-order valence-electron chi connectivity index (χ0n) is 18.3. The molecule has 0 bridgehead atoms. The Labute approximate surface area is 166 Å². The van der Waals surface area contributed by atoms with Crippen molar-refractivity contribution in [3.8, 4) is 11.1 Å². The van der Waals surface area contributed by atoms with Crippen molar-refractivity contribution >= 4 is 7.25 Å². The lowest BCUT2D eigenvalue weighted by Gasteiger charge is -2.17. The van der Waals surface area contributed by atoms with Gasteiger partial charge in [0.2, 0.25) is 0 Å². The van der Waals surface area contributed by atoms with Crippen LogP contribution in [-0.4, -0.2) is 7.25 Å². The number of hydrogen-bond donors (Lipinski definition) is 0. The van der Waals surface area contributed by atoms with Crippen molar-refractivity contribution in [3.05, 3.63) is 52.5 Å². The third kappa shape index (κ3) is 7.29. The summed E-state index contributed by atoms with van der Waals surface area (Å²) >= 11 is 0. The van der Waals surface area contributed by atoms with E-state index in [9.17, 15) is 17.3 Å². The summed E-state index contributed by atoms with van der Waals surface area (Å²) in [5.74, 6) is 2.08. The number of hydrogen-bond acceptors (Lipinski definition) is 0. The van der Waals surface area contributed by atoms with Gasteiger partial charge in [0.15, 0.2) is 0 Å². The van der Waals surface area contributed by atoms with Crippen molar-refractivity contribution in [2.24, 2.45) is 0 Å². The van der Waals surface area contributed by atoms with Crippen molar-refractivity contribution in [3.63, 3.8) is 0 Å². The Kier molecular flexibility index (Phi) is 7.14. The summed E-state index contributed by atoms with van der Waals surface area (Å²) in [4.78, 5) is 0. The van der Waals surface area contributed by atoms with Gasteiger partial charge in [-0.1, -0.05) is 17.7 Å². The lowest BCUT2D eigenvalue weighted by atomic mass is 9.86. The zero-order chi connectivity index (χ0) is 22.1. The van der Waals surface area contributed by atoms with Crippen molar-refractivity contribution in [1.29, 1.82) is 0 Å². The van der Waals surface area contributed by atoms with Crippen LogP contribution in [0, 0.1) is 20.8 Å². The van der Waals surface area contributed by atoms with Crippen LogP contribution in [0.4, 0.5) is 17.3 Å². The molecule has 0 aliphatic heterocycles. The Morgan fingerprint density at radius 1 is 0.679 bits per heavy atom. The monoisotopic (exact) mass is 398 g/mol. The van der Waals surface area contributed by atoms with Crippen LogP contribution >= 0.6 is 0 Å². The van der Waals surface area contributed by atoms with E-state index in [1.54, 1.807) is 0 Å². The average Bonchev–Trinajstić information content (AvgIpc) is 2.42. The van der Waals surface area contributed by atoms with Gasteiger partial charge in [-0.2, -0.15) is 0 Å². The van der Waals surface area contributed by atoms with E-state index < -0.39 is 7.25 Å². The molecule has 28 heavy (non-hydrogen) atoms. The first-order chi connectivity index (χ1) is 12.4. The van der Waals surface area contributed by atoms with E-state index in [0.29, 0.717) is 0 Å². The summed E-state index contributed by atoms with van der Waals surface area (Å²) in [5, 5.41) is 0. The van der Waals surface area contributed by atoms with Gasteiger partial charge in [0, 0.05) is 17.7 Å². The summed E-state index contributed by atoms with van der Waals surface area (Å²) in [5.41, 5.74) is 6.55. The molecule has 0 saturated carbocycles. The highest BCUT2D eigenvalue weighted by Crippen LogP contribution is 2.36. The number of halogens is 4. The van der Waals surface area contributed by atoms with Gasteiger partial charge >= 0.3 is 18.8 Å². The first-order valence-electron chi connectivity index (χ1n) is 9.34. The summed E-state index contributed by atoms with van der Waals surface area (Å²) in [7, 11) is -6.00. The SMILES string of the molecule is Cc1cc(C)c(-c2cc(C(C)(C)C)[o+]c(C(C)(C)C)c2)c(C)c1.F[B-](F)(F)F. The van der Waals surface area contributed by atoms with E-state index in [4.69, 9.17) is 4.42 Å². The fraction of sp³-hybridized carbons (Fsp3) is 0.500. The molecule has 1 nitrogen and oxygen atoms in total. The molecule has 0 N–H and O–H groups in total. The Hall–Kier alpha value is -1.85. The standard InChI is InChI=1S/C22H31O.BF4/c1-14-10-15(2)20(16(3)11-14)17-12-18(21(4,5)6)23-19(13-17)22(7,8)9;2-1(3,4)5/h10-13H,1-9H3;/q+1;-1. The number of aryl methyl sites for hydroxylation is 3. The molecule has 0 radical (unpaired) electrons. The first kappa shape index (κ1) is 24.2. The van der Waals surface area contributed by atoms with Crippen LogP contribution in [0.5, 0.6) is 0 Å². The molecular weight excluding hydrogens is 367 g/mol. The maximum absolute atomic E-state index is 9.75. The first-order valence-corrected chi connectivity index (χ1v) is 9.34. The second-order valence-corrected chi connectivity index (χ2v) is 9.34. The van der Waals surface area contributed by atoms with E-state index >= 15 is 0 Å². The van der Waals surface area contributed by atoms with Gasteiger partial charge in [-0.05, 0) is 79.0 Å². The third-order valence-corrected chi connectivity index (χ3v) is 4.24. The van der Waals surface area contributed by atoms with E-state index in [1.807, 2.05) is 0 Å². The Bertz CT molecular complexity index is 767. The van der Waals surface area contributed by atoms with Gasteiger partial charge in [0.1, 0.15) is 0 Å². The van der Waals surface area contributed by atoms with E-state index in [-0.39, 0.29) is 10.8 Å². The minimum atomic E-state index is -6.00. The van der Waals surface area contributed by atoms with Crippen LogP contribution in [0.25, 0.3) is 11.1 Å². The van der Waals surface area contributed by atoms with Crippen LogP contribution in [0.3, 0.4) is 0 Å². The van der Waals surface area contributed by atoms with Crippen LogP contribution in [0.2, 0.25) is 0 Å². The molecule has 1 aromatic carbocycles. The van der Waals surface area contributed by atoms with Crippen LogP contribution in [0.1, 0.15) is 69.8 Å². The molecule has 0 saturated heterocycles. The Morgan fingerprint density at radius 2 is 1.00 bits per heavy atom. The molecule has 0 atom stereocenters. The second kappa shape index (κ2) is 8.26. The molecule has 1 aromatic heterocycles. The molecule has 1 heterocycles. The third-order valence-electron chi connectivity index (χ3n) is 4.24. The highest BCUT2D eigenvalue weighted by atomic mass is 19.5. The second-order valence-electron chi connectivity index (χ2n) is 9.34. The van der Waals surface area contributed by atoms with Gasteiger partial charge in [0.25, 0.3) is 0 Å². The van der Waals surface area contributed by atoms with Crippen molar-refractivity contribution in [2.75, 3.05) is 0 Å². The fourth-order valence-electron chi connectivity index (χ4n) is 3.02. The maximum Gasteiger partial charge on any atom is 0.673 e. The summed E-state index contributed by atoms with van der Waals surface area (Å²) < 4.78 is 45.3. The van der Waals surface area contributed by atoms with Crippen molar-refractivity contribution in [1.82, 2.24) is 0 Å². The maximum atomic E-state index is 9.75. The summed E-state index contributed by atoms with van der Waals surface area (Å²) in [6.07, 6.45) is 0. The van der Waals surface area contributed by atoms with Gasteiger partial charge in [-0.15, -0.1) is 0 Å². The highest BCUT2D eigenvalue weighted by molar-refractivity contribution is 6.50. The average molecular weight is 398 g/mol. The minimum Gasteiger partial charge on any atom is -0.418 e. The highest BCUT2D eigenvalue weighted by Gasteiger charge is 2.34. The molecule has 0 aliphatic rings. The van der Waals surface area contributed by atoms with Gasteiger partial charge < -0.3 is 17.3 Å². The van der Waals surface area contributed by atoms with Crippen LogP contribution < -0.4 is 0 Å². The lowest BCUT2D eigenvalue weighted by molar-refractivity contribution is 0.329. The van der Waals surface area contributed by atoms with Gasteiger partial charge in [-0.3, -0.25) is 0 Å². The molecule has 0 spiro atoms. The van der Waals surface area contributed by atoms with E-state index in [1.165, 1.54) is 27.8 Å². The molecule has 6 heteroatoms. The lowest BCUT2D eigenvalue weighted by Crippen LogP contribution is -2.16. The molecule has 0 fully saturated rings. The number of rotatable bonds is 1. The largest absolute Gasteiger partial charge is 0.673 e. The van der Waals surface area contributed by atoms with Crippen LogP contribution in [-0.2, 0) is 10.8 Å². The van der Waals surface area contributed by atoms with E-state index in [2.05, 4.69) is 86.6 Å². The van der Waals surface area contributed by atoms with Crippen molar-refractivity contribution in [2.45, 2.75) is 73.1 Å². The summed E-state index contributed by atoms with van der Waals surface area (Å²) in [6.45, 7) is 19.8. The van der Waals surface area contributed by atoms with Crippen molar-refractivity contribution < 1.29 is 21.7 Å². The molecular formula is C22H31BF4O. The molecule has 2 rings (SSSR count). The zero-order valence-corrected chi connectivity index (χ0v) is 18.3. The molecule has 0 unspecified atom stereocenters. The quantitative estimate of drug-likeness (QED) is 0.269. The Balaban J connectivity index is 0.000000696. The fourth-order valence-corrected chi connectivity index (χ4v) is 3.02. The van der Waals surface area contributed by atoms with E-state index in [0.717, 1.165) is 11.5 Å². The van der Waals surface area contributed by atoms with Crippen LogP contribution in [0.15, 0.2) is 28.7 Å². The smallest absolute Gasteiger partial charge is 0.418 e. The normalized spacial score (nSPS) is 12.5.